The molecule has 1 fully saturated rings. The first-order chi connectivity index (χ1) is 11.2. The third kappa shape index (κ3) is 4.09. The molecule has 0 aliphatic carbocycles. The smallest absolute Gasteiger partial charge is 0.350 e. The van der Waals surface area contributed by atoms with Crippen molar-refractivity contribution >= 4 is 29.2 Å². The van der Waals surface area contributed by atoms with Gasteiger partial charge in [0.2, 0.25) is 5.91 Å². The van der Waals surface area contributed by atoms with Gasteiger partial charge in [0.05, 0.1) is 5.69 Å². The molecule has 0 saturated carbocycles. The highest BCUT2D eigenvalue weighted by atomic mass is 19.1. The molecule has 0 unspecified atom stereocenters. The summed E-state index contributed by atoms with van der Waals surface area (Å²) in [7, 11) is 0. The van der Waals surface area contributed by atoms with Crippen molar-refractivity contribution in [3.8, 4) is 0 Å². The quantitative estimate of drug-likeness (QED) is 0.498. The zero-order chi connectivity index (χ0) is 17.9. The fourth-order valence-corrected chi connectivity index (χ4v) is 1.89. The largest absolute Gasteiger partial charge is 0.419 e. The van der Waals surface area contributed by atoms with Gasteiger partial charge < -0.3 is 20.1 Å². The number of hydrogen-bond acceptors (Lipinski definition) is 6. The molecule has 2 N–H and O–H groups in total. The molecule has 128 valence electrons. The summed E-state index contributed by atoms with van der Waals surface area (Å²) in [5.74, 6) is -3.95. The van der Waals surface area contributed by atoms with E-state index in [4.69, 9.17) is 9.47 Å². The number of hydrogen-bond donors (Lipinski definition) is 2. The number of carbonyl (C=O) groups is 3. The number of esters is 2. The average molecular weight is 336 g/mol. The SMILES string of the molecule is CCC(=O)Nc1ccc(F)c(NC=C2C(=O)OC(C)(C)OC2=O)c1. The Hall–Kier alpha value is -2.90. The predicted molar refractivity (Wildman–Crippen MR) is 83.3 cm³/mol. The first-order valence-corrected chi connectivity index (χ1v) is 7.24. The third-order valence-corrected chi connectivity index (χ3v) is 3.06. The highest BCUT2D eigenvalue weighted by Gasteiger charge is 2.38. The number of ether oxygens (including phenoxy) is 2. The molecule has 1 aromatic rings. The van der Waals surface area contributed by atoms with Gasteiger partial charge in [0.15, 0.2) is 5.57 Å². The summed E-state index contributed by atoms with van der Waals surface area (Å²) in [4.78, 5) is 35.0. The van der Waals surface area contributed by atoms with Gasteiger partial charge in [0.25, 0.3) is 5.79 Å². The molecule has 0 aromatic heterocycles. The van der Waals surface area contributed by atoms with Crippen LogP contribution in [0.1, 0.15) is 27.2 Å². The van der Waals surface area contributed by atoms with E-state index in [0.717, 1.165) is 12.3 Å². The number of carbonyl (C=O) groups excluding carboxylic acids is 3. The first-order valence-electron chi connectivity index (χ1n) is 7.24. The maximum absolute atomic E-state index is 13.8. The van der Waals surface area contributed by atoms with Crippen molar-refractivity contribution in [3.63, 3.8) is 0 Å². The van der Waals surface area contributed by atoms with Crippen molar-refractivity contribution in [2.24, 2.45) is 0 Å². The normalized spacial score (nSPS) is 16.1. The van der Waals surface area contributed by atoms with E-state index in [2.05, 4.69) is 10.6 Å². The summed E-state index contributed by atoms with van der Waals surface area (Å²) < 4.78 is 23.7. The third-order valence-electron chi connectivity index (χ3n) is 3.06. The van der Waals surface area contributed by atoms with Gasteiger partial charge in [-0.2, -0.15) is 0 Å². The molecular formula is C16H17FN2O5. The van der Waals surface area contributed by atoms with E-state index in [0.29, 0.717) is 5.69 Å². The maximum Gasteiger partial charge on any atom is 0.350 e. The van der Waals surface area contributed by atoms with Gasteiger partial charge in [-0.05, 0) is 18.2 Å². The number of rotatable bonds is 4. The summed E-state index contributed by atoms with van der Waals surface area (Å²) in [5, 5.41) is 5.09. The van der Waals surface area contributed by atoms with Gasteiger partial charge in [-0.15, -0.1) is 0 Å². The summed E-state index contributed by atoms with van der Waals surface area (Å²) >= 11 is 0. The predicted octanol–water partition coefficient (Wildman–Crippen LogP) is 2.31. The molecule has 1 saturated heterocycles. The van der Waals surface area contributed by atoms with E-state index in [-0.39, 0.29) is 18.0 Å². The number of benzene rings is 1. The van der Waals surface area contributed by atoms with Crippen LogP contribution in [0.3, 0.4) is 0 Å². The number of cyclic esters (lactones) is 2. The van der Waals surface area contributed by atoms with Crippen LogP contribution in [0.15, 0.2) is 30.0 Å². The average Bonchev–Trinajstić information content (AvgIpc) is 2.48. The van der Waals surface area contributed by atoms with Crippen LogP contribution in [0.25, 0.3) is 0 Å². The highest BCUT2D eigenvalue weighted by Crippen LogP contribution is 2.24. The molecular weight excluding hydrogens is 319 g/mol. The molecule has 2 rings (SSSR count). The monoisotopic (exact) mass is 336 g/mol. The van der Waals surface area contributed by atoms with Crippen LogP contribution in [-0.4, -0.2) is 23.6 Å². The molecule has 0 atom stereocenters. The second-order valence-corrected chi connectivity index (χ2v) is 5.48. The molecule has 24 heavy (non-hydrogen) atoms. The molecule has 1 aliphatic heterocycles. The summed E-state index contributed by atoms with van der Waals surface area (Å²) in [6.45, 7) is 4.53. The van der Waals surface area contributed by atoms with Crippen molar-refractivity contribution in [1.29, 1.82) is 0 Å². The van der Waals surface area contributed by atoms with E-state index in [1.165, 1.54) is 26.0 Å². The van der Waals surface area contributed by atoms with Gasteiger partial charge in [-0.25, -0.2) is 14.0 Å². The Labute approximate surface area is 137 Å². The summed E-state index contributed by atoms with van der Waals surface area (Å²) in [5.41, 5.74) is -0.0439. The minimum atomic E-state index is -1.35. The maximum atomic E-state index is 13.8. The second-order valence-electron chi connectivity index (χ2n) is 5.48. The van der Waals surface area contributed by atoms with Gasteiger partial charge in [-0.1, -0.05) is 6.92 Å². The van der Waals surface area contributed by atoms with Crippen molar-refractivity contribution < 1.29 is 28.2 Å². The number of halogens is 1. The lowest BCUT2D eigenvalue weighted by Crippen LogP contribution is -2.42. The molecule has 0 bridgehead atoms. The van der Waals surface area contributed by atoms with Crippen molar-refractivity contribution in [2.45, 2.75) is 33.0 Å². The second kappa shape index (κ2) is 6.69. The van der Waals surface area contributed by atoms with E-state index in [1.54, 1.807) is 6.92 Å². The van der Waals surface area contributed by atoms with Crippen LogP contribution >= 0.6 is 0 Å². The van der Waals surface area contributed by atoms with E-state index in [9.17, 15) is 18.8 Å². The Morgan fingerprint density at radius 3 is 2.46 bits per heavy atom. The standard InChI is InChI=1S/C16H17FN2O5/c1-4-13(20)19-9-5-6-11(17)12(7-9)18-8-10-14(21)23-16(2,3)24-15(10)22/h5-8,18H,4H2,1-3H3,(H,19,20). The Kier molecular flexibility index (Phi) is 4.87. The lowest BCUT2D eigenvalue weighted by molar-refractivity contribution is -0.222. The highest BCUT2D eigenvalue weighted by molar-refractivity contribution is 6.15. The van der Waals surface area contributed by atoms with Gasteiger partial charge in [-0.3, -0.25) is 4.79 Å². The van der Waals surface area contributed by atoms with Crippen LogP contribution in [0.5, 0.6) is 0 Å². The van der Waals surface area contributed by atoms with Crippen molar-refractivity contribution in [2.75, 3.05) is 10.6 Å². The lowest BCUT2D eigenvalue weighted by atomic mass is 10.2. The molecule has 1 heterocycles. The van der Waals surface area contributed by atoms with Crippen molar-refractivity contribution in [3.05, 3.63) is 35.8 Å². The number of anilines is 2. The molecule has 0 spiro atoms. The first kappa shape index (κ1) is 17.5. The molecule has 0 radical (unpaired) electrons. The zero-order valence-electron chi connectivity index (χ0n) is 13.4. The number of amides is 1. The Bertz CT molecular complexity index is 705. The lowest BCUT2D eigenvalue weighted by Gasteiger charge is -2.29. The van der Waals surface area contributed by atoms with Gasteiger partial charge in [0.1, 0.15) is 5.82 Å². The van der Waals surface area contributed by atoms with E-state index >= 15 is 0 Å². The fourth-order valence-electron chi connectivity index (χ4n) is 1.89. The van der Waals surface area contributed by atoms with E-state index < -0.39 is 29.1 Å². The molecule has 7 nitrogen and oxygen atoms in total. The van der Waals surface area contributed by atoms with Crippen LogP contribution in [-0.2, 0) is 23.9 Å². The Balaban J connectivity index is 2.19. The van der Waals surface area contributed by atoms with Crippen LogP contribution < -0.4 is 10.6 Å². The zero-order valence-corrected chi connectivity index (χ0v) is 13.4. The summed E-state index contributed by atoms with van der Waals surface area (Å²) in [6.07, 6.45) is 1.28. The van der Waals surface area contributed by atoms with Crippen LogP contribution in [0.2, 0.25) is 0 Å². The fraction of sp³-hybridized carbons (Fsp3) is 0.312. The van der Waals surface area contributed by atoms with Crippen LogP contribution in [0, 0.1) is 5.82 Å². The minimum absolute atomic E-state index is 0.0261. The topological polar surface area (TPSA) is 93.7 Å². The number of nitrogens with one attached hydrogen (secondary N) is 2. The Morgan fingerprint density at radius 2 is 1.88 bits per heavy atom. The van der Waals surface area contributed by atoms with Gasteiger partial charge >= 0.3 is 11.9 Å². The van der Waals surface area contributed by atoms with Crippen LogP contribution in [0.4, 0.5) is 15.8 Å². The molecule has 1 aliphatic rings. The minimum Gasteiger partial charge on any atom is -0.419 e. The molecule has 8 heteroatoms. The summed E-state index contributed by atoms with van der Waals surface area (Å²) in [6, 6.07) is 3.88. The van der Waals surface area contributed by atoms with E-state index in [1.807, 2.05) is 0 Å². The van der Waals surface area contributed by atoms with Gasteiger partial charge in [0, 0.05) is 32.2 Å². The molecule has 1 amide bonds. The Morgan fingerprint density at radius 1 is 1.25 bits per heavy atom. The van der Waals surface area contributed by atoms with Crippen molar-refractivity contribution in [1.82, 2.24) is 0 Å². The molecule has 1 aromatic carbocycles.